The maximum Gasteiger partial charge on any atom is 0.312 e. The molecule has 9 heteroatoms. The van der Waals surface area contributed by atoms with Crippen molar-refractivity contribution in [3.05, 3.63) is 87.4 Å². The molecule has 0 saturated carbocycles. The lowest BCUT2D eigenvalue weighted by atomic mass is 10.1. The standard InChI is InChI=1S/C21H16ClN3O5/c22-17-10-16(21(27)19(11-17)25(28)29)12-23-24-20(26)13-30-18-8-6-15(7-9-18)14-4-2-1-3-5-14/h1-12,27H,13H2,(H,24,26). The van der Waals surface area contributed by atoms with Crippen LogP contribution in [0.3, 0.4) is 0 Å². The first-order valence-electron chi connectivity index (χ1n) is 8.71. The van der Waals surface area contributed by atoms with Gasteiger partial charge in [-0.15, -0.1) is 0 Å². The van der Waals surface area contributed by atoms with Crippen LogP contribution in [0.1, 0.15) is 5.56 Å². The number of nitro groups is 1. The number of benzene rings is 3. The van der Waals surface area contributed by atoms with Gasteiger partial charge in [0.25, 0.3) is 5.91 Å². The van der Waals surface area contributed by atoms with Crippen LogP contribution < -0.4 is 10.2 Å². The van der Waals surface area contributed by atoms with E-state index in [4.69, 9.17) is 16.3 Å². The van der Waals surface area contributed by atoms with E-state index in [0.29, 0.717) is 5.75 Å². The van der Waals surface area contributed by atoms with Crippen molar-refractivity contribution in [2.75, 3.05) is 6.61 Å². The zero-order valence-corrected chi connectivity index (χ0v) is 16.2. The predicted octanol–water partition coefficient (Wildman–Crippen LogP) is 4.15. The van der Waals surface area contributed by atoms with E-state index in [9.17, 15) is 20.0 Å². The summed E-state index contributed by atoms with van der Waals surface area (Å²) >= 11 is 5.79. The van der Waals surface area contributed by atoms with E-state index in [1.165, 1.54) is 6.07 Å². The monoisotopic (exact) mass is 425 g/mol. The van der Waals surface area contributed by atoms with E-state index in [2.05, 4.69) is 10.5 Å². The first-order valence-corrected chi connectivity index (χ1v) is 9.09. The number of halogens is 1. The fourth-order valence-corrected chi connectivity index (χ4v) is 2.79. The number of phenolic OH excluding ortho intramolecular Hbond substituents is 1. The van der Waals surface area contributed by atoms with Crippen LogP contribution >= 0.6 is 11.6 Å². The van der Waals surface area contributed by atoms with Crippen molar-refractivity contribution in [3.8, 4) is 22.6 Å². The summed E-state index contributed by atoms with van der Waals surface area (Å²) in [6, 6.07) is 19.4. The van der Waals surface area contributed by atoms with Crippen LogP contribution in [-0.4, -0.2) is 28.8 Å². The molecule has 0 fully saturated rings. The summed E-state index contributed by atoms with van der Waals surface area (Å²) < 4.78 is 5.41. The first-order chi connectivity index (χ1) is 14.4. The number of phenols is 1. The van der Waals surface area contributed by atoms with Crippen LogP contribution in [0.15, 0.2) is 71.8 Å². The van der Waals surface area contributed by atoms with Gasteiger partial charge < -0.3 is 9.84 Å². The molecule has 3 aromatic carbocycles. The summed E-state index contributed by atoms with van der Waals surface area (Å²) in [7, 11) is 0. The van der Waals surface area contributed by atoms with Gasteiger partial charge in [-0.2, -0.15) is 5.10 Å². The van der Waals surface area contributed by atoms with Crippen LogP contribution in [0.4, 0.5) is 5.69 Å². The Bertz CT molecular complexity index is 1090. The number of nitrogens with one attached hydrogen (secondary N) is 1. The number of hydrazone groups is 1. The van der Waals surface area contributed by atoms with E-state index in [0.717, 1.165) is 23.4 Å². The van der Waals surface area contributed by atoms with Crippen LogP contribution in [0, 0.1) is 10.1 Å². The largest absolute Gasteiger partial charge is 0.502 e. The first kappa shape index (κ1) is 20.8. The van der Waals surface area contributed by atoms with Crippen LogP contribution in [0.2, 0.25) is 5.02 Å². The molecule has 0 aliphatic carbocycles. The highest BCUT2D eigenvalue weighted by atomic mass is 35.5. The van der Waals surface area contributed by atoms with Gasteiger partial charge in [-0.3, -0.25) is 14.9 Å². The Hall–Kier alpha value is -3.91. The van der Waals surface area contributed by atoms with Gasteiger partial charge in [0.2, 0.25) is 5.75 Å². The van der Waals surface area contributed by atoms with Crippen molar-refractivity contribution in [2.45, 2.75) is 0 Å². The number of carbonyl (C=O) groups is 1. The Labute approximate surface area is 176 Å². The second-order valence-corrected chi connectivity index (χ2v) is 6.53. The van der Waals surface area contributed by atoms with Crippen molar-refractivity contribution in [2.24, 2.45) is 5.10 Å². The second kappa shape index (κ2) is 9.53. The molecule has 0 aromatic heterocycles. The van der Waals surface area contributed by atoms with Gasteiger partial charge in [0.05, 0.1) is 11.1 Å². The molecule has 2 N–H and O–H groups in total. The molecule has 0 aliphatic heterocycles. The average molecular weight is 426 g/mol. The lowest BCUT2D eigenvalue weighted by Gasteiger charge is -2.07. The molecule has 0 heterocycles. The zero-order valence-electron chi connectivity index (χ0n) is 15.5. The Balaban J connectivity index is 1.55. The lowest BCUT2D eigenvalue weighted by Crippen LogP contribution is -2.24. The molecule has 30 heavy (non-hydrogen) atoms. The Morgan fingerprint density at radius 1 is 1.13 bits per heavy atom. The van der Waals surface area contributed by atoms with Crippen molar-refractivity contribution in [1.82, 2.24) is 5.43 Å². The summed E-state index contributed by atoms with van der Waals surface area (Å²) in [6.07, 6.45) is 1.06. The molecule has 0 unspecified atom stereocenters. The molecule has 0 radical (unpaired) electrons. The molecule has 0 bridgehead atoms. The number of amides is 1. The maximum atomic E-state index is 11.9. The molecule has 8 nitrogen and oxygen atoms in total. The quantitative estimate of drug-likeness (QED) is 0.335. The SMILES string of the molecule is O=C(COc1ccc(-c2ccccc2)cc1)NN=Cc1cc(Cl)cc([N+](=O)[O-])c1O. The molecule has 0 spiro atoms. The minimum Gasteiger partial charge on any atom is -0.502 e. The summed E-state index contributed by atoms with van der Waals surface area (Å²) in [4.78, 5) is 22.0. The minimum atomic E-state index is -0.770. The lowest BCUT2D eigenvalue weighted by molar-refractivity contribution is -0.385. The third kappa shape index (κ3) is 5.33. The van der Waals surface area contributed by atoms with Gasteiger partial charge in [0.1, 0.15) is 5.75 Å². The average Bonchev–Trinajstić information content (AvgIpc) is 2.75. The molecule has 152 valence electrons. The molecule has 0 atom stereocenters. The van der Waals surface area contributed by atoms with Gasteiger partial charge >= 0.3 is 5.69 Å². The fraction of sp³-hybridized carbons (Fsp3) is 0.0476. The minimum absolute atomic E-state index is 0.00748. The maximum absolute atomic E-state index is 11.9. The van der Waals surface area contributed by atoms with E-state index in [-0.39, 0.29) is 17.2 Å². The smallest absolute Gasteiger partial charge is 0.312 e. The van der Waals surface area contributed by atoms with Crippen molar-refractivity contribution < 1.29 is 19.6 Å². The van der Waals surface area contributed by atoms with Crippen LogP contribution in [-0.2, 0) is 4.79 Å². The van der Waals surface area contributed by atoms with Crippen LogP contribution in [0.25, 0.3) is 11.1 Å². The van der Waals surface area contributed by atoms with E-state index < -0.39 is 22.3 Å². The third-order valence-electron chi connectivity index (χ3n) is 4.01. The summed E-state index contributed by atoms with van der Waals surface area (Å²) in [5.74, 6) is -0.636. The number of hydrogen-bond donors (Lipinski definition) is 2. The fourth-order valence-electron chi connectivity index (χ4n) is 2.57. The second-order valence-electron chi connectivity index (χ2n) is 6.09. The van der Waals surface area contributed by atoms with Gasteiger partial charge in [-0.1, -0.05) is 54.1 Å². The van der Waals surface area contributed by atoms with Gasteiger partial charge in [0.15, 0.2) is 6.61 Å². The zero-order chi connectivity index (χ0) is 21.5. The van der Waals surface area contributed by atoms with Crippen molar-refractivity contribution in [3.63, 3.8) is 0 Å². The molecule has 3 rings (SSSR count). The highest BCUT2D eigenvalue weighted by molar-refractivity contribution is 6.31. The molecule has 0 aliphatic rings. The van der Waals surface area contributed by atoms with E-state index in [1.54, 1.807) is 12.1 Å². The highest BCUT2D eigenvalue weighted by Crippen LogP contribution is 2.32. The number of rotatable bonds is 7. The molecular formula is C21H16ClN3O5. The van der Waals surface area contributed by atoms with E-state index >= 15 is 0 Å². The Kier molecular flexibility index (Phi) is 6.61. The molecule has 3 aromatic rings. The third-order valence-corrected chi connectivity index (χ3v) is 4.22. The Morgan fingerprint density at radius 2 is 1.80 bits per heavy atom. The normalized spacial score (nSPS) is 10.7. The number of aromatic hydroxyl groups is 1. The van der Waals surface area contributed by atoms with Gasteiger partial charge in [-0.05, 0) is 29.3 Å². The summed E-state index contributed by atoms with van der Waals surface area (Å²) in [5.41, 5.74) is 3.74. The van der Waals surface area contributed by atoms with Crippen LogP contribution in [0.5, 0.6) is 11.5 Å². The number of nitro benzene ring substituents is 1. The number of nitrogens with zero attached hydrogens (tertiary/aromatic N) is 2. The van der Waals surface area contributed by atoms with Gasteiger partial charge in [-0.25, -0.2) is 5.43 Å². The molecule has 0 saturated heterocycles. The predicted molar refractivity (Wildman–Crippen MR) is 113 cm³/mol. The highest BCUT2D eigenvalue weighted by Gasteiger charge is 2.17. The molecule has 1 amide bonds. The number of hydrogen-bond acceptors (Lipinski definition) is 6. The number of carbonyl (C=O) groups excluding carboxylic acids is 1. The van der Waals surface area contributed by atoms with E-state index in [1.807, 2.05) is 42.5 Å². The topological polar surface area (TPSA) is 114 Å². The van der Waals surface area contributed by atoms with Crippen molar-refractivity contribution >= 4 is 29.4 Å². The summed E-state index contributed by atoms with van der Waals surface area (Å²) in [5, 5.41) is 24.5. The number of ether oxygens (including phenoxy) is 1. The van der Waals surface area contributed by atoms with Crippen molar-refractivity contribution in [1.29, 1.82) is 0 Å². The summed E-state index contributed by atoms with van der Waals surface area (Å²) in [6.45, 7) is -0.288. The molecular weight excluding hydrogens is 410 g/mol. The Morgan fingerprint density at radius 3 is 2.47 bits per heavy atom. The van der Waals surface area contributed by atoms with Gasteiger partial charge in [0, 0.05) is 16.7 Å².